The Morgan fingerprint density at radius 1 is 1.00 bits per heavy atom. The molecule has 2 aromatic carbocycles. The van der Waals surface area contributed by atoms with Crippen molar-refractivity contribution in [2.45, 2.75) is 4.90 Å². The quantitative estimate of drug-likeness (QED) is 0.326. The highest BCUT2D eigenvalue weighted by atomic mass is 79.9. The van der Waals surface area contributed by atoms with E-state index in [1.807, 2.05) is 24.3 Å². The van der Waals surface area contributed by atoms with E-state index in [4.69, 9.17) is 14.2 Å². The molecular weight excluding hydrogens is 514 g/mol. The van der Waals surface area contributed by atoms with Crippen molar-refractivity contribution in [3.63, 3.8) is 0 Å². The van der Waals surface area contributed by atoms with Gasteiger partial charge in [-0.25, -0.2) is 13.1 Å². The zero-order chi connectivity index (χ0) is 23.4. The van der Waals surface area contributed by atoms with Gasteiger partial charge in [-0.15, -0.1) is 15.3 Å². The molecule has 0 aliphatic rings. The highest BCUT2D eigenvalue weighted by molar-refractivity contribution is 9.10. The summed E-state index contributed by atoms with van der Waals surface area (Å²) < 4.78 is 46.0. The highest BCUT2D eigenvalue weighted by Crippen LogP contribution is 2.27. The van der Waals surface area contributed by atoms with Crippen LogP contribution in [0.4, 0.5) is 0 Å². The van der Waals surface area contributed by atoms with Gasteiger partial charge in [0.05, 0.1) is 14.2 Å². The molecule has 0 bridgehead atoms. The fourth-order valence-electron chi connectivity index (χ4n) is 3.04. The minimum absolute atomic E-state index is 0.0330. The second-order valence-electron chi connectivity index (χ2n) is 6.74. The number of sulfonamides is 1. The molecule has 0 aliphatic heterocycles. The van der Waals surface area contributed by atoms with Crippen LogP contribution in [0.1, 0.15) is 0 Å². The van der Waals surface area contributed by atoms with Gasteiger partial charge in [-0.3, -0.25) is 0 Å². The van der Waals surface area contributed by atoms with E-state index in [0.717, 1.165) is 11.3 Å². The molecule has 0 saturated carbocycles. The van der Waals surface area contributed by atoms with Gasteiger partial charge in [0.25, 0.3) is 0 Å². The maximum atomic E-state index is 12.7. The third-order valence-corrected chi connectivity index (χ3v) is 6.62. The standard InChI is InChI=1S/C21H20BrN5O5S/c1-30-16-6-3-14(4-7-16)21-25-24-19-9-10-20(26-27(19)21)32-12-11-23-33(28,29)18-13-15(22)5-8-17(18)31-2/h3-10,13,23H,11-12H2,1-2H3. The van der Waals surface area contributed by atoms with Gasteiger partial charge >= 0.3 is 0 Å². The highest BCUT2D eigenvalue weighted by Gasteiger charge is 2.19. The van der Waals surface area contributed by atoms with Gasteiger partial charge in [0.15, 0.2) is 11.5 Å². The third kappa shape index (κ3) is 5.07. The van der Waals surface area contributed by atoms with E-state index in [2.05, 4.69) is 35.9 Å². The molecule has 0 radical (unpaired) electrons. The first-order valence-corrected chi connectivity index (χ1v) is 12.0. The number of fused-ring (bicyclic) bond motifs is 1. The van der Waals surface area contributed by atoms with E-state index >= 15 is 0 Å². The molecule has 2 aromatic heterocycles. The number of halogens is 1. The molecule has 0 aliphatic carbocycles. The summed E-state index contributed by atoms with van der Waals surface area (Å²) in [6.07, 6.45) is 0. The number of aromatic nitrogens is 4. The van der Waals surface area contributed by atoms with Crippen LogP contribution in [-0.4, -0.2) is 55.6 Å². The number of rotatable bonds is 9. The lowest BCUT2D eigenvalue weighted by atomic mass is 10.2. The second kappa shape index (κ2) is 9.73. The van der Waals surface area contributed by atoms with Crippen LogP contribution in [-0.2, 0) is 10.0 Å². The maximum absolute atomic E-state index is 12.7. The lowest BCUT2D eigenvalue weighted by Gasteiger charge is -2.11. The van der Waals surface area contributed by atoms with Crippen molar-refractivity contribution in [1.29, 1.82) is 0 Å². The molecule has 2 heterocycles. The summed E-state index contributed by atoms with van der Waals surface area (Å²) in [4.78, 5) is 0.0348. The van der Waals surface area contributed by atoms with Crippen LogP contribution in [0.5, 0.6) is 17.4 Å². The van der Waals surface area contributed by atoms with Gasteiger partial charge in [0.2, 0.25) is 15.9 Å². The van der Waals surface area contributed by atoms with E-state index in [1.165, 1.54) is 13.2 Å². The Morgan fingerprint density at radius 3 is 2.52 bits per heavy atom. The van der Waals surface area contributed by atoms with E-state index < -0.39 is 10.0 Å². The van der Waals surface area contributed by atoms with Crippen LogP contribution >= 0.6 is 15.9 Å². The zero-order valence-corrected chi connectivity index (χ0v) is 20.1. The van der Waals surface area contributed by atoms with Gasteiger partial charge in [0, 0.05) is 22.6 Å². The molecule has 0 atom stereocenters. The number of nitrogens with zero attached hydrogens (tertiary/aromatic N) is 4. The molecule has 0 unspecified atom stereocenters. The van der Waals surface area contributed by atoms with Gasteiger partial charge in [-0.05, 0) is 48.5 Å². The molecule has 0 fully saturated rings. The Balaban J connectivity index is 1.44. The summed E-state index contributed by atoms with van der Waals surface area (Å²) in [7, 11) is -0.781. The monoisotopic (exact) mass is 533 g/mol. The first-order valence-electron chi connectivity index (χ1n) is 9.74. The van der Waals surface area contributed by atoms with Crippen LogP contribution in [0.2, 0.25) is 0 Å². The molecule has 172 valence electrons. The average molecular weight is 534 g/mol. The summed E-state index contributed by atoms with van der Waals surface area (Å²) in [5.41, 5.74) is 1.36. The molecular formula is C21H20BrN5O5S. The van der Waals surface area contributed by atoms with E-state index in [0.29, 0.717) is 21.8 Å². The Kier molecular flexibility index (Phi) is 6.77. The fraction of sp³-hybridized carbons (Fsp3) is 0.190. The number of methoxy groups -OCH3 is 2. The smallest absolute Gasteiger partial charge is 0.244 e. The van der Waals surface area contributed by atoms with Gasteiger partial charge in [-0.1, -0.05) is 15.9 Å². The van der Waals surface area contributed by atoms with Crippen LogP contribution in [0, 0.1) is 0 Å². The van der Waals surface area contributed by atoms with Crippen LogP contribution in [0.15, 0.2) is 64.0 Å². The number of nitrogens with one attached hydrogen (secondary N) is 1. The van der Waals surface area contributed by atoms with Crippen LogP contribution in [0.25, 0.3) is 17.0 Å². The predicted octanol–water partition coefficient (Wildman–Crippen LogP) is 2.93. The Hall–Kier alpha value is -3.22. The number of ether oxygens (including phenoxy) is 3. The normalized spacial score (nSPS) is 11.5. The van der Waals surface area contributed by atoms with Crippen LogP contribution in [0.3, 0.4) is 0 Å². The topological polar surface area (TPSA) is 117 Å². The van der Waals surface area contributed by atoms with Crippen molar-refractivity contribution in [2.24, 2.45) is 0 Å². The molecule has 0 saturated heterocycles. The van der Waals surface area contributed by atoms with Crippen molar-refractivity contribution in [2.75, 3.05) is 27.4 Å². The number of benzene rings is 2. The van der Waals surface area contributed by atoms with E-state index in [-0.39, 0.29) is 23.8 Å². The molecule has 0 amide bonds. The van der Waals surface area contributed by atoms with Crippen molar-refractivity contribution < 1.29 is 22.6 Å². The first kappa shape index (κ1) is 23.0. The minimum atomic E-state index is -3.80. The van der Waals surface area contributed by atoms with Crippen molar-refractivity contribution >= 4 is 31.6 Å². The minimum Gasteiger partial charge on any atom is -0.497 e. The van der Waals surface area contributed by atoms with E-state index in [9.17, 15) is 8.42 Å². The third-order valence-electron chi connectivity index (χ3n) is 4.65. The SMILES string of the molecule is COc1ccc(-c2nnc3ccc(OCCNS(=O)(=O)c4cc(Br)ccc4OC)nn23)cc1. The molecule has 0 spiro atoms. The Labute approximate surface area is 198 Å². The predicted molar refractivity (Wildman–Crippen MR) is 124 cm³/mol. The van der Waals surface area contributed by atoms with Crippen molar-refractivity contribution in [1.82, 2.24) is 24.5 Å². The summed E-state index contributed by atoms with van der Waals surface area (Å²) in [5, 5.41) is 12.7. The van der Waals surface area contributed by atoms with Gasteiger partial charge in [0.1, 0.15) is 23.0 Å². The lowest BCUT2D eigenvalue weighted by molar-refractivity contribution is 0.305. The number of hydrogen-bond donors (Lipinski definition) is 1. The molecule has 33 heavy (non-hydrogen) atoms. The molecule has 4 aromatic rings. The molecule has 1 N–H and O–H groups in total. The Morgan fingerprint density at radius 2 is 1.79 bits per heavy atom. The summed E-state index contributed by atoms with van der Waals surface area (Å²) in [5.74, 6) is 1.82. The van der Waals surface area contributed by atoms with Gasteiger partial charge < -0.3 is 14.2 Å². The molecule has 12 heteroatoms. The van der Waals surface area contributed by atoms with Gasteiger partial charge in [-0.2, -0.15) is 4.52 Å². The lowest BCUT2D eigenvalue weighted by Crippen LogP contribution is -2.28. The second-order valence-corrected chi connectivity index (χ2v) is 9.39. The zero-order valence-electron chi connectivity index (χ0n) is 17.7. The number of hydrogen-bond acceptors (Lipinski definition) is 8. The largest absolute Gasteiger partial charge is 0.497 e. The molecule has 4 rings (SSSR count). The fourth-order valence-corrected chi connectivity index (χ4v) is 4.76. The Bertz CT molecular complexity index is 1380. The summed E-state index contributed by atoms with van der Waals surface area (Å²) in [6, 6.07) is 15.5. The maximum Gasteiger partial charge on any atom is 0.244 e. The van der Waals surface area contributed by atoms with Crippen molar-refractivity contribution in [3.05, 3.63) is 59.1 Å². The summed E-state index contributed by atoms with van der Waals surface area (Å²) >= 11 is 3.28. The molecule has 10 nitrogen and oxygen atoms in total. The summed E-state index contributed by atoms with van der Waals surface area (Å²) in [6.45, 7) is 0.0965. The van der Waals surface area contributed by atoms with Crippen LogP contribution < -0.4 is 18.9 Å². The first-order chi connectivity index (χ1) is 15.9. The van der Waals surface area contributed by atoms with E-state index in [1.54, 1.807) is 35.9 Å². The van der Waals surface area contributed by atoms with Crippen molar-refractivity contribution in [3.8, 4) is 28.8 Å². The average Bonchev–Trinajstić information content (AvgIpc) is 3.25.